The first-order valence-electron chi connectivity index (χ1n) is 8.07. The number of carbonyl (C=O) groups excluding carboxylic acids is 1. The summed E-state index contributed by atoms with van der Waals surface area (Å²) in [6.45, 7) is 3.19. The number of halogens is 3. The molecule has 1 aromatic heterocycles. The standard InChI is InChI=1S/C19H17F3N2O3/c1-11-15(12(2)24-18(26)16(11)9-23)7-8-17(25)27-10-13-3-5-14(6-4-13)19(20,21)22/h3-6H,7-8,10H2,1-2H3,(H,24,26). The van der Waals surface area contributed by atoms with Crippen molar-refractivity contribution in [2.24, 2.45) is 0 Å². The second-order valence-corrected chi connectivity index (χ2v) is 6.02. The van der Waals surface area contributed by atoms with Gasteiger partial charge in [-0.3, -0.25) is 9.59 Å². The summed E-state index contributed by atoms with van der Waals surface area (Å²) >= 11 is 0. The molecule has 0 aliphatic heterocycles. The SMILES string of the molecule is Cc1[nH]c(=O)c(C#N)c(C)c1CCC(=O)OCc1ccc(C(F)(F)F)cc1. The number of benzene rings is 1. The van der Waals surface area contributed by atoms with E-state index in [1.54, 1.807) is 13.8 Å². The molecule has 0 aliphatic carbocycles. The van der Waals surface area contributed by atoms with Gasteiger partial charge >= 0.3 is 12.1 Å². The number of rotatable bonds is 5. The Labute approximate surface area is 153 Å². The fraction of sp³-hybridized carbons (Fsp3) is 0.316. The molecule has 0 radical (unpaired) electrons. The van der Waals surface area contributed by atoms with Crippen LogP contribution in [-0.2, 0) is 28.7 Å². The van der Waals surface area contributed by atoms with Gasteiger partial charge in [0, 0.05) is 12.1 Å². The molecule has 0 spiro atoms. The predicted molar refractivity (Wildman–Crippen MR) is 90.8 cm³/mol. The number of nitrogens with zero attached hydrogens (tertiary/aromatic N) is 1. The third-order valence-electron chi connectivity index (χ3n) is 4.18. The molecule has 1 N–H and O–H groups in total. The van der Waals surface area contributed by atoms with Crippen LogP contribution in [0.3, 0.4) is 0 Å². The molecular formula is C19H17F3N2O3. The van der Waals surface area contributed by atoms with E-state index in [9.17, 15) is 22.8 Å². The zero-order valence-corrected chi connectivity index (χ0v) is 14.7. The summed E-state index contributed by atoms with van der Waals surface area (Å²) in [6, 6.07) is 6.21. The summed E-state index contributed by atoms with van der Waals surface area (Å²) in [6.07, 6.45) is -4.13. The maximum Gasteiger partial charge on any atom is 0.416 e. The summed E-state index contributed by atoms with van der Waals surface area (Å²) in [7, 11) is 0. The molecule has 27 heavy (non-hydrogen) atoms. The zero-order valence-electron chi connectivity index (χ0n) is 14.7. The second-order valence-electron chi connectivity index (χ2n) is 6.02. The van der Waals surface area contributed by atoms with Crippen LogP contribution in [0.2, 0.25) is 0 Å². The predicted octanol–water partition coefficient (Wildman–Crippen LogP) is 3.56. The number of aromatic amines is 1. The van der Waals surface area contributed by atoms with Crippen molar-refractivity contribution >= 4 is 5.97 Å². The normalized spacial score (nSPS) is 11.1. The Kier molecular flexibility index (Phi) is 6.05. The average Bonchev–Trinajstić information content (AvgIpc) is 2.59. The van der Waals surface area contributed by atoms with E-state index in [1.807, 2.05) is 6.07 Å². The zero-order chi connectivity index (χ0) is 20.2. The average molecular weight is 378 g/mol. The number of esters is 1. The van der Waals surface area contributed by atoms with E-state index in [1.165, 1.54) is 12.1 Å². The first-order valence-corrected chi connectivity index (χ1v) is 8.07. The van der Waals surface area contributed by atoms with Crippen LogP contribution in [0.1, 0.15) is 39.9 Å². The first-order chi connectivity index (χ1) is 12.6. The van der Waals surface area contributed by atoms with Gasteiger partial charge in [0.2, 0.25) is 0 Å². The highest BCUT2D eigenvalue weighted by Crippen LogP contribution is 2.29. The summed E-state index contributed by atoms with van der Waals surface area (Å²) in [4.78, 5) is 26.2. The Hall–Kier alpha value is -3.08. The lowest BCUT2D eigenvalue weighted by Gasteiger charge is -2.11. The van der Waals surface area contributed by atoms with E-state index < -0.39 is 23.3 Å². The summed E-state index contributed by atoms with van der Waals surface area (Å²) in [5.41, 5.74) is 1.00. The number of ether oxygens (including phenoxy) is 1. The smallest absolute Gasteiger partial charge is 0.416 e. The number of nitrogens with one attached hydrogen (secondary N) is 1. The fourth-order valence-electron chi connectivity index (χ4n) is 2.67. The second kappa shape index (κ2) is 8.08. The van der Waals surface area contributed by atoms with Crippen molar-refractivity contribution in [1.82, 2.24) is 4.98 Å². The number of aromatic nitrogens is 1. The van der Waals surface area contributed by atoms with E-state index in [2.05, 4.69) is 4.98 Å². The van der Waals surface area contributed by atoms with Crippen LogP contribution in [0.25, 0.3) is 0 Å². The van der Waals surface area contributed by atoms with Crippen LogP contribution < -0.4 is 5.56 Å². The Morgan fingerprint density at radius 2 is 1.85 bits per heavy atom. The minimum Gasteiger partial charge on any atom is -0.461 e. The first kappa shape index (κ1) is 20.2. The van der Waals surface area contributed by atoms with E-state index in [0.29, 0.717) is 22.4 Å². The Morgan fingerprint density at radius 1 is 1.22 bits per heavy atom. The van der Waals surface area contributed by atoms with Crippen molar-refractivity contribution < 1.29 is 22.7 Å². The highest BCUT2D eigenvalue weighted by Gasteiger charge is 2.29. The van der Waals surface area contributed by atoms with Gasteiger partial charge in [-0.2, -0.15) is 18.4 Å². The maximum atomic E-state index is 12.5. The Bertz CT molecular complexity index is 939. The van der Waals surface area contributed by atoms with Gasteiger partial charge in [-0.25, -0.2) is 0 Å². The van der Waals surface area contributed by atoms with Crippen LogP contribution in [0.15, 0.2) is 29.1 Å². The van der Waals surface area contributed by atoms with Gasteiger partial charge < -0.3 is 9.72 Å². The topological polar surface area (TPSA) is 83.0 Å². The van der Waals surface area contributed by atoms with Crippen molar-refractivity contribution in [1.29, 1.82) is 5.26 Å². The van der Waals surface area contributed by atoms with Gasteiger partial charge in [0.1, 0.15) is 18.2 Å². The van der Waals surface area contributed by atoms with E-state index in [-0.39, 0.29) is 25.0 Å². The quantitative estimate of drug-likeness (QED) is 0.807. The monoisotopic (exact) mass is 378 g/mol. The number of hydrogen-bond donors (Lipinski definition) is 1. The number of hydrogen-bond acceptors (Lipinski definition) is 4. The minimum atomic E-state index is -4.41. The van der Waals surface area contributed by atoms with Gasteiger partial charge in [0.15, 0.2) is 0 Å². The van der Waals surface area contributed by atoms with Crippen molar-refractivity contribution in [2.75, 3.05) is 0 Å². The van der Waals surface area contributed by atoms with E-state index in [4.69, 9.17) is 10.00 Å². The van der Waals surface area contributed by atoms with Crippen LogP contribution in [0.4, 0.5) is 13.2 Å². The molecule has 2 rings (SSSR count). The largest absolute Gasteiger partial charge is 0.461 e. The summed E-state index contributed by atoms with van der Waals surface area (Å²) < 4.78 is 42.6. The third-order valence-corrected chi connectivity index (χ3v) is 4.18. The van der Waals surface area contributed by atoms with Crippen molar-refractivity contribution in [3.05, 3.63) is 68.1 Å². The molecule has 5 nitrogen and oxygen atoms in total. The third kappa shape index (κ3) is 4.97. The Balaban J connectivity index is 1.96. The lowest BCUT2D eigenvalue weighted by molar-refractivity contribution is -0.145. The molecule has 0 atom stereocenters. The number of H-pyrrole nitrogens is 1. The van der Waals surface area contributed by atoms with Crippen molar-refractivity contribution in [2.45, 2.75) is 39.5 Å². The van der Waals surface area contributed by atoms with Gasteiger partial charge in [-0.1, -0.05) is 12.1 Å². The lowest BCUT2D eigenvalue weighted by Crippen LogP contribution is -2.17. The number of carbonyl (C=O) groups is 1. The number of alkyl halides is 3. The lowest BCUT2D eigenvalue weighted by atomic mass is 9.99. The molecule has 0 unspecified atom stereocenters. The van der Waals surface area contributed by atoms with Gasteiger partial charge in [-0.05, 0) is 49.1 Å². The molecule has 1 heterocycles. The fourth-order valence-corrected chi connectivity index (χ4v) is 2.67. The molecule has 0 saturated heterocycles. The van der Waals surface area contributed by atoms with Crippen LogP contribution in [0, 0.1) is 25.2 Å². The molecule has 0 saturated carbocycles. The molecule has 2 aromatic rings. The number of nitriles is 1. The molecular weight excluding hydrogens is 361 g/mol. The summed E-state index contributed by atoms with van der Waals surface area (Å²) in [5.74, 6) is -0.529. The van der Waals surface area contributed by atoms with E-state index >= 15 is 0 Å². The van der Waals surface area contributed by atoms with Gasteiger partial charge in [0.05, 0.1) is 5.56 Å². The molecule has 8 heteroatoms. The molecule has 0 fully saturated rings. The number of pyridine rings is 1. The van der Waals surface area contributed by atoms with Gasteiger partial charge in [-0.15, -0.1) is 0 Å². The highest BCUT2D eigenvalue weighted by atomic mass is 19.4. The minimum absolute atomic E-state index is 0.00808. The highest BCUT2D eigenvalue weighted by molar-refractivity contribution is 5.70. The molecule has 142 valence electrons. The van der Waals surface area contributed by atoms with Crippen LogP contribution in [-0.4, -0.2) is 11.0 Å². The molecule has 0 bridgehead atoms. The molecule has 1 aromatic carbocycles. The number of aryl methyl sites for hydroxylation is 1. The summed E-state index contributed by atoms with van der Waals surface area (Å²) in [5, 5.41) is 9.04. The van der Waals surface area contributed by atoms with Crippen LogP contribution >= 0.6 is 0 Å². The molecule has 0 amide bonds. The van der Waals surface area contributed by atoms with Crippen LogP contribution in [0.5, 0.6) is 0 Å². The van der Waals surface area contributed by atoms with Crippen molar-refractivity contribution in [3.8, 4) is 6.07 Å². The maximum absolute atomic E-state index is 12.5. The van der Waals surface area contributed by atoms with Crippen molar-refractivity contribution in [3.63, 3.8) is 0 Å². The Morgan fingerprint density at radius 3 is 2.41 bits per heavy atom. The van der Waals surface area contributed by atoms with Gasteiger partial charge in [0.25, 0.3) is 5.56 Å². The van der Waals surface area contributed by atoms with E-state index in [0.717, 1.165) is 12.1 Å². The molecule has 0 aliphatic rings.